The standard InChI is InChI=1S/C15H10Br2N4O2S/c1-24-15-19-14(22)12-8-6-7(16)2-3-9(8)18-13(21(12)20-15)10-4-5-11(17)23-10/h2-6,13H,1H3,(H,19,20,22)/t13-/m0/s1. The maximum atomic E-state index is 12.7. The molecule has 1 atom stereocenters. The van der Waals surface area contributed by atoms with Gasteiger partial charge in [-0.05, 0) is 52.5 Å². The number of halogens is 2. The zero-order chi connectivity index (χ0) is 16.8. The third-order valence-corrected chi connectivity index (χ3v) is 5.10. The van der Waals surface area contributed by atoms with Gasteiger partial charge in [-0.15, -0.1) is 5.10 Å². The second-order valence-electron chi connectivity index (χ2n) is 5.06. The first-order valence-corrected chi connectivity index (χ1v) is 9.74. The first-order valence-electron chi connectivity index (χ1n) is 6.93. The Balaban J connectivity index is 2.01. The fourth-order valence-electron chi connectivity index (χ4n) is 2.60. The molecule has 2 aromatic rings. The Hall–Kier alpha value is -1.58. The van der Waals surface area contributed by atoms with Crippen molar-refractivity contribution in [2.45, 2.75) is 6.17 Å². The quantitative estimate of drug-likeness (QED) is 0.695. The summed E-state index contributed by atoms with van der Waals surface area (Å²) in [6, 6.07) is 9.25. The van der Waals surface area contributed by atoms with Crippen molar-refractivity contribution in [2.24, 2.45) is 10.1 Å². The maximum absolute atomic E-state index is 12.7. The molecule has 24 heavy (non-hydrogen) atoms. The van der Waals surface area contributed by atoms with Gasteiger partial charge in [0.05, 0.1) is 5.36 Å². The summed E-state index contributed by atoms with van der Waals surface area (Å²) in [5.41, 5.74) is 0.455. The van der Waals surface area contributed by atoms with Gasteiger partial charge >= 0.3 is 0 Å². The highest BCUT2D eigenvalue weighted by Crippen LogP contribution is 2.32. The monoisotopic (exact) mass is 468 g/mol. The van der Waals surface area contributed by atoms with E-state index in [1.165, 1.54) is 11.8 Å². The van der Waals surface area contributed by atoms with Crippen LogP contribution in [0, 0.1) is 0 Å². The van der Waals surface area contributed by atoms with E-state index in [0.29, 0.717) is 21.3 Å². The third kappa shape index (κ3) is 2.60. The minimum atomic E-state index is -0.534. The molecule has 6 nitrogen and oxygen atoms in total. The van der Waals surface area contributed by atoms with Crippen molar-refractivity contribution in [3.8, 4) is 0 Å². The molecule has 0 aliphatic carbocycles. The number of amidine groups is 1. The summed E-state index contributed by atoms with van der Waals surface area (Å²) in [4.78, 5) is 17.4. The molecule has 122 valence electrons. The number of carbonyl (C=O) groups excluding carboxylic acids is 1. The summed E-state index contributed by atoms with van der Waals surface area (Å²) < 4.78 is 7.14. The highest BCUT2D eigenvalue weighted by molar-refractivity contribution is 9.10. The van der Waals surface area contributed by atoms with Crippen LogP contribution in [0.3, 0.4) is 0 Å². The van der Waals surface area contributed by atoms with Crippen molar-refractivity contribution < 1.29 is 9.21 Å². The number of hydrazone groups is 1. The SMILES string of the molecule is CSC1=NN2C(=c3cc(Br)ccc3=N[C@@H]2c2ccc(Br)o2)C(=O)N1. The number of benzene rings is 1. The lowest BCUT2D eigenvalue weighted by atomic mass is 10.1. The first-order chi connectivity index (χ1) is 11.6. The van der Waals surface area contributed by atoms with E-state index in [2.05, 4.69) is 42.3 Å². The molecule has 0 bridgehead atoms. The average Bonchev–Trinajstić information content (AvgIpc) is 2.99. The molecule has 2 aliphatic heterocycles. The molecule has 0 spiro atoms. The van der Waals surface area contributed by atoms with Gasteiger partial charge in [0.15, 0.2) is 15.6 Å². The van der Waals surface area contributed by atoms with Gasteiger partial charge in [0.25, 0.3) is 5.91 Å². The van der Waals surface area contributed by atoms with E-state index in [1.807, 2.05) is 30.5 Å². The zero-order valence-electron chi connectivity index (χ0n) is 12.3. The summed E-state index contributed by atoms with van der Waals surface area (Å²) >= 11 is 8.12. The van der Waals surface area contributed by atoms with E-state index < -0.39 is 6.17 Å². The number of nitrogens with one attached hydrogen (secondary N) is 1. The number of carbonyl (C=O) groups is 1. The minimum absolute atomic E-state index is 0.209. The van der Waals surface area contributed by atoms with Crippen LogP contribution in [0.25, 0.3) is 5.70 Å². The van der Waals surface area contributed by atoms with Gasteiger partial charge in [0, 0.05) is 9.69 Å². The molecule has 1 N–H and O–H groups in total. The Morgan fingerprint density at radius 2 is 2.12 bits per heavy atom. The van der Waals surface area contributed by atoms with Crippen molar-refractivity contribution in [2.75, 3.05) is 6.26 Å². The van der Waals surface area contributed by atoms with Crippen molar-refractivity contribution >= 4 is 60.4 Å². The molecule has 0 radical (unpaired) electrons. The topological polar surface area (TPSA) is 70.2 Å². The van der Waals surface area contributed by atoms with Crippen LogP contribution in [0.2, 0.25) is 0 Å². The molecule has 0 saturated heterocycles. The highest BCUT2D eigenvalue weighted by Gasteiger charge is 2.35. The largest absolute Gasteiger partial charge is 0.450 e. The van der Waals surface area contributed by atoms with Crippen LogP contribution in [0.15, 0.2) is 54.0 Å². The van der Waals surface area contributed by atoms with Crippen molar-refractivity contribution in [1.29, 1.82) is 0 Å². The van der Waals surface area contributed by atoms with E-state index in [1.54, 1.807) is 11.1 Å². The third-order valence-electron chi connectivity index (χ3n) is 3.61. The Bertz CT molecular complexity index is 1000. The molecule has 0 fully saturated rings. The van der Waals surface area contributed by atoms with Gasteiger partial charge in [-0.1, -0.05) is 27.7 Å². The predicted molar refractivity (Wildman–Crippen MR) is 98.4 cm³/mol. The zero-order valence-corrected chi connectivity index (χ0v) is 16.3. The normalized spacial score (nSPS) is 19.2. The first kappa shape index (κ1) is 15.9. The summed E-state index contributed by atoms with van der Waals surface area (Å²) in [5, 5.41) is 10.9. The van der Waals surface area contributed by atoms with Crippen LogP contribution in [0.4, 0.5) is 0 Å². The average molecular weight is 470 g/mol. The summed E-state index contributed by atoms with van der Waals surface area (Å²) in [6.07, 6.45) is 1.32. The van der Waals surface area contributed by atoms with Gasteiger partial charge in [-0.2, -0.15) is 0 Å². The van der Waals surface area contributed by atoms with Gasteiger partial charge in [-0.3, -0.25) is 10.1 Å². The van der Waals surface area contributed by atoms with E-state index >= 15 is 0 Å². The summed E-state index contributed by atoms with van der Waals surface area (Å²) in [5.74, 6) is 0.395. The number of thioether (sulfide) groups is 1. The van der Waals surface area contributed by atoms with Crippen LogP contribution in [0.5, 0.6) is 0 Å². The fourth-order valence-corrected chi connectivity index (χ4v) is 3.64. The van der Waals surface area contributed by atoms with Gasteiger partial charge in [-0.25, -0.2) is 10.0 Å². The highest BCUT2D eigenvalue weighted by atomic mass is 79.9. The van der Waals surface area contributed by atoms with Gasteiger partial charge in [0.1, 0.15) is 5.70 Å². The maximum Gasteiger partial charge on any atom is 0.276 e. The number of nitrogens with zero attached hydrogens (tertiary/aromatic N) is 3. The number of fused-ring (bicyclic) bond motifs is 2. The molecule has 0 saturated carbocycles. The van der Waals surface area contributed by atoms with E-state index in [4.69, 9.17) is 9.41 Å². The van der Waals surface area contributed by atoms with Crippen LogP contribution in [-0.2, 0) is 4.79 Å². The second-order valence-corrected chi connectivity index (χ2v) is 7.55. The molecule has 1 amide bonds. The predicted octanol–water partition coefficient (Wildman–Crippen LogP) is 2.31. The summed E-state index contributed by atoms with van der Waals surface area (Å²) in [7, 11) is 0. The van der Waals surface area contributed by atoms with E-state index in [0.717, 1.165) is 15.0 Å². The smallest absolute Gasteiger partial charge is 0.276 e. The lowest BCUT2D eigenvalue weighted by Crippen LogP contribution is -2.50. The van der Waals surface area contributed by atoms with Gasteiger partial charge < -0.3 is 4.42 Å². The molecular weight excluding hydrogens is 460 g/mol. The van der Waals surface area contributed by atoms with Crippen LogP contribution < -0.4 is 15.9 Å². The minimum Gasteiger partial charge on any atom is -0.450 e. The number of amides is 1. The summed E-state index contributed by atoms with van der Waals surface area (Å²) in [6.45, 7) is 0. The number of furan rings is 1. The molecule has 0 unspecified atom stereocenters. The molecule has 2 aliphatic rings. The Morgan fingerprint density at radius 1 is 1.29 bits per heavy atom. The lowest BCUT2D eigenvalue weighted by Gasteiger charge is -2.32. The molecular formula is C15H10Br2N4O2S. The van der Waals surface area contributed by atoms with Crippen molar-refractivity contribution in [1.82, 2.24) is 10.3 Å². The van der Waals surface area contributed by atoms with Crippen molar-refractivity contribution in [3.05, 3.63) is 55.8 Å². The molecule has 9 heteroatoms. The number of hydrogen-bond acceptors (Lipinski definition) is 6. The lowest BCUT2D eigenvalue weighted by molar-refractivity contribution is -0.116. The molecule has 1 aromatic carbocycles. The number of rotatable bonds is 1. The van der Waals surface area contributed by atoms with E-state index in [9.17, 15) is 4.79 Å². The molecule has 1 aromatic heterocycles. The molecule has 3 heterocycles. The number of hydrogen-bond donors (Lipinski definition) is 1. The Morgan fingerprint density at radius 3 is 2.83 bits per heavy atom. The van der Waals surface area contributed by atoms with Crippen molar-refractivity contribution in [3.63, 3.8) is 0 Å². The Labute approximate surface area is 157 Å². The second kappa shape index (κ2) is 6.05. The van der Waals surface area contributed by atoms with Gasteiger partial charge in [0.2, 0.25) is 6.17 Å². The molecule has 4 rings (SSSR count). The van der Waals surface area contributed by atoms with Crippen LogP contribution >= 0.6 is 43.6 Å². The Kier molecular flexibility index (Phi) is 4.01. The van der Waals surface area contributed by atoms with Crippen LogP contribution in [-0.4, -0.2) is 22.3 Å². The van der Waals surface area contributed by atoms with E-state index in [-0.39, 0.29) is 5.91 Å². The van der Waals surface area contributed by atoms with Crippen LogP contribution in [0.1, 0.15) is 11.9 Å². The fraction of sp³-hybridized carbons (Fsp3) is 0.133.